The first-order valence-corrected chi connectivity index (χ1v) is 10.0. The first-order valence-electron chi connectivity index (χ1n) is 10.0. The molecule has 2 aliphatic rings. The number of aliphatic imine (C=N–C) groups is 1. The molecule has 2 rings (SSSR count). The van der Waals surface area contributed by atoms with Gasteiger partial charge in [0.25, 0.3) is 0 Å². The van der Waals surface area contributed by atoms with Crippen LogP contribution in [-0.4, -0.2) is 62.6 Å². The van der Waals surface area contributed by atoms with E-state index in [-0.39, 0.29) is 17.8 Å². The zero-order chi connectivity index (χ0) is 18.8. The Balaban J connectivity index is 1.62. The van der Waals surface area contributed by atoms with Crippen LogP contribution in [0.15, 0.2) is 4.99 Å². The predicted molar refractivity (Wildman–Crippen MR) is 102 cm³/mol. The zero-order valence-electron chi connectivity index (χ0n) is 16.3. The van der Waals surface area contributed by atoms with E-state index in [1.807, 2.05) is 6.92 Å². The fourth-order valence-electron chi connectivity index (χ4n) is 3.84. The van der Waals surface area contributed by atoms with Gasteiger partial charge in [0.1, 0.15) is 0 Å². The quantitative estimate of drug-likeness (QED) is 0.309. The van der Waals surface area contributed by atoms with Gasteiger partial charge in [0.05, 0.1) is 12.5 Å². The summed E-state index contributed by atoms with van der Waals surface area (Å²) in [7, 11) is 1.76. The van der Waals surface area contributed by atoms with Gasteiger partial charge >= 0.3 is 5.97 Å². The van der Waals surface area contributed by atoms with Crippen molar-refractivity contribution in [2.24, 2.45) is 16.8 Å². The van der Waals surface area contributed by atoms with E-state index in [1.165, 1.54) is 25.7 Å². The number of carbonyl (C=O) groups is 2. The molecule has 0 aromatic carbocycles. The minimum atomic E-state index is -0.0833. The van der Waals surface area contributed by atoms with Gasteiger partial charge in [-0.25, -0.2) is 0 Å². The molecule has 0 spiro atoms. The van der Waals surface area contributed by atoms with Crippen LogP contribution in [0.3, 0.4) is 0 Å². The molecule has 148 valence electrons. The zero-order valence-corrected chi connectivity index (χ0v) is 16.3. The Labute approximate surface area is 156 Å². The van der Waals surface area contributed by atoms with Crippen molar-refractivity contribution >= 4 is 17.8 Å². The Kier molecular flexibility index (Phi) is 8.71. The van der Waals surface area contributed by atoms with Gasteiger partial charge in [0.2, 0.25) is 5.91 Å². The average molecular weight is 367 g/mol. The molecule has 0 bridgehead atoms. The smallest absolute Gasteiger partial charge is 0.309 e. The topological polar surface area (TPSA) is 83.0 Å². The molecule has 2 N–H and O–H groups in total. The van der Waals surface area contributed by atoms with Crippen LogP contribution in [0.4, 0.5) is 0 Å². The van der Waals surface area contributed by atoms with Crippen LogP contribution < -0.4 is 10.6 Å². The van der Waals surface area contributed by atoms with Crippen molar-refractivity contribution in [1.29, 1.82) is 0 Å². The summed E-state index contributed by atoms with van der Waals surface area (Å²) in [4.78, 5) is 30.2. The number of ether oxygens (including phenoxy) is 1. The van der Waals surface area contributed by atoms with Crippen molar-refractivity contribution in [2.45, 2.75) is 51.9 Å². The number of likely N-dealkylation sites (tertiary alicyclic amines) is 1. The molecule has 1 amide bonds. The number of hydrogen-bond donors (Lipinski definition) is 2. The van der Waals surface area contributed by atoms with Crippen LogP contribution in [0.2, 0.25) is 0 Å². The van der Waals surface area contributed by atoms with E-state index in [0.717, 1.165) is 31.9 Å². The Morgan fingerprint density at radius 2 is 1.73 bits per heavy atom. The molecule has 0 unspecified atom stereocenters. The van der Waals surface area contributed by atoms with Crippen molar-refractivity contribution in [3.8, 4) is 0 Å². The molecule has 1 aliphatic heterocycles. The molecule has 26 heavy (non-hydrogen) atoms. The summed E-state index contributed by atoms with van der Waals surface area (Å²) in [6.07, 6.45) is 7.16. The van der Waals surface area contributed by atoms with Gasteiger partial charge in [-0.2, -0.15) is 0 Å². The van der Waals surface area contributed by atoms with Crippen LogP contribution in [0.1, 0.15) is 51.9 Å². The standard InChI is InChI=1S/C19H34N4O3/c1-3-26-18(25)16-8-12-23(13-9-16)19(20-2)22-11-10-21-17(24)14-15-6-4-5-7-15/h15-16H,3-14H2,1-2H3,(H,20,22)(H,21,24). The Bertz CT molecular complexity index is 481. The molecule has 7 nitrogen and oxygen atoms in total. The summed E-state index contributed by atoms with van der Waals surface area (Å²) in [6, 6.07) is 0. The van der Waals surface area contributed by atoms with Crippen LogP contribution in [0.5, 0.6) is 0 Å². The number of nitrogens with one attached hydrogen (secondary N) is 2. The molecule has 1 heterocycles. The van der Waals surface area contributed by atoms with Crippen molar-refractivity contribution in [1.82, 2.24) is 15.5 Å². The van der Waals surface area contributed by atoms with E-state index in [1.54, 1.807) is 7.05 Å². The van der Waals surface area contributed by atoms with Gasteiger partial charge in [-0.15, -0.1) is 0 Å². The fourth-order valence-corrected chi connectivity index (χ4v) is 3.84. The minimum absolute atomic E-state index is 0.000758. The van der Waals surface area contributed by atoms with Gasteiger partial charge in [0.15, 0.2) is 5.96 Å². The number of hydrogen-bond acceptors (Lipinski definition) is 4. The van der Waals surface area contributed by atoms with Crippen molar-refractivity contribution in [3.63, 3.8) is 0 Å². The maximum atomic E-state index is 11.9. The van der Waals surface area contributed by atoms with Gasteiger partial charge in [0, 0.05) is 39.6 Å². The third kappa shape index (κ3) is 6.50. The number of amides is 1. The molecule has 0 aromatic rings. The van der Waals surface area contributed by atoms with Gasteiger partial charge in [-0.1, -0.05) is 12.8 Å². The number of carbonyl (C=O) groups excluding carboxylic acids is 2. The van der Waals surface area contributed by atoms with E-state index >= 15 is 0 Å². The highest BCUT2D eigenvalue weighted by Gasteiger charge is 2.27. The highest BCUT2D eigenvalue weighted by molar-refractivity contribution is 5.80. The number of nitrogens with zero attached hydrogens (tertiary/aromatic N) is 2. The second-order valence-corrected chi connectivity index (χ2v) is 7.19. The molecular formula is C19H34N4O3. The van der Waals surface area contributed by atoms with Crippen LogP contribution in [-0.2, 0) is 14.3 Å². The van der Waals surface area contributed by atoms with Gasteiger partial charge < -0.3 is 20.3 Å². The summed E-state index contributed by atoms with van der Waals surface area (Å²) < 4.78 is 5.11. The molecule has 1 saturated heterocycles. The average Bonchev–Trinajstić information content (AvgIpc) is 3.15. The van der Waals surface area contributed by atoms with E-state index in [4.69, 9.17) is 4.74 Å². The molecular weight excluding hydrogens is 332 g/mol. The second-order valence-electron chi connectivity index (χ2n) is 7.19. The third-order valence-electron chi connectivity index (χ3n) is 5.31. The number of guanidine groups is 1. The lowest BCUT2D eigenvalue weighted by atomic mass is 9.97. The summed E-state index contributed by atoms with van der Waals surface area (Å²) >= 11 is 0. The van der Waals surface area contributed by atoms with E-state index in [9.17, 15) is 9.59 Å². The van der Waals surface area contributed by atoms with E-state index in [2.05, 4.69) is 20.5 Å². The minimum Gasteiger partial charge on any atom is -0.466 e. The first-order chi connectivity index (χ1) is 12.6. The monoisotopic (exact) mass is 366 g/mol. The van der Waals surface area contributed by atoms with Crippen molar-refractivity contribution in [2.75, 3.05) is 39.8 Å². The Morgan fingerprint density at radius 1 is 1.08 bits per heavy atom. The lowest BCUT2D eigenvalue weighted by Crippen LogP contribution is -2.48. The molecule has 0 radical (unpaired) electrons. The molecule has 1 aliphatic carbocycles. The number of rotatable bonds is 7. The third-order valence-corrected chi connectivity index (χ3v) is 5.31. The van der Waals surface area contributed by atoms with Crippen LogP contribution in [0.25, 0.3) is 0 Å². The largest absolute Gasteiger partial charge is 0.466 e. The highest BCUT2D eigenvalue weighted by Crippen LogP contribution is 2.27. The predicted octanol–water partition coefficient (Wildman–Crippen LogP) is 1.53. The summed E-state index contributed by atoms with van der Waals surface area (Å²) in [5, 5.41) is 6.29. The van der Waals surface area contributed by atoms with E-state index < -0.39 is 0 Å². The second kappa shape index (κ2) is 11.0. The lowest BCUT2D eigenvalue weighted by Gasteiger charge is -2.33. The van der Waals surface area contributed by atoms with Crippen molar-refractivity contribution < 1.29 is 14.3 Å². The molecule has 0 atom stereocenters. The summed E-state index contributed by atoms with van der Waals surface area (Å²) in [5.41, 5.74) is 0. The van der Waals surface area contributed by atoms with Crippen LogP contribution in [0, 0.1) is 11.8 Å². The SMILES string of the molecule is CCOC(=O)C1CCN(C(=NC)NCCNC(=O)CC2CCCC2)CC1. The number of piperidine rings is 1. The van der Waals surface area contributed by atoms with Crippen LogP contribution >= 0.6 is 0 Å². The van der Waals surface area contributed by atoms with Gasteiger partial charge in [-0.05, 0) is 38.5 Å². The molecule has 7 heteroatoms. The Hall–Kier alpha value is -1.79. The fraction of sp³-hybridized carbons (Fsp3) is 0.842. The summed E-state index contributed by atoms with van der Waals surface area (Å²) in [6.45, 7) is 5.11. The molecule has 0 aromatic heterocycles. The first kappa shape index (κ1) is 20.5. The maximum Gasteiger partial charge on any atom is 0.309 e. The summed E-state index contributed by atoms with van der Waals surface area (Å²) in [5.74, 6) is 1.48. The molecule has 1 saturated carbocycles. The van der Waals surface area contributed by atoms with E-state index in [0.29, 0.717) is 32.0 Å². The Morgan fingerprint density at radius 3 is 2.35 bits per heavy atom. The van der Waals surface area contributed by atoms with Crippen molar-refractivity contribution in [3.05, 3.63) is 0 Å². The lowest BCUT2D eigenvalue weighted by molar-refractivity contribution is -0.149. The highest BCUT2D eigenvalue weighted by atomic mass is 16.5. The van der Waals surface area contributed by atoms with Gasteiger partial charge in [-0.3, -0.25) is 14.6 Å². The normalized spacial score (nSPS) is 19.5. The number of esters is 1. The molecule has 2 fully saturated rings. The maximum absolute atomic E-state index is 11.9.